The number of methoxy groups -OCH3 is 2. The molecule has 1 atom stereocenters. The molecule has 0 bridgehead atoms. The summed E-state index contributed by atoms with van der Waals surface area (Å²) in [6, 6.07) is 14.4. The Balaban J connectivity index is 1.98. The average molecular weight is 378 g/mol. The lowest BCUT2D eigenvalue weighted by Crippen LogP contribution is -2.19. The molecule has 5 nitrogen and oxygen atoms in total. The number of fused-ring (bicyclic) bond motifs is 3. The number of amides is 1. The van der Waals surface area contributed by atoms with E-state index in [1.165, 1.54) is 16.8 Å². The third kappa shape index (κ3) is 3.21. The minimum absolute atomic E-state index is 0.128. The number of hydrogen-bond acceptors (Lipinski definition) is 3. The van der Waals surface area contributed by atoms with Gasteiger partial charge in [-0.2, -0.15) is 0 Å². The van der Waals surface area contributed by atoms with Gasteiger partial charge >= 0.3 is 0 Å². The molecule has 1 aromatic heterocycles. The molecule has 1 amide bonds. The number of benzene rings is 2. The first-order valence-electron chi connectivity index (χ1n) is 9.71. The summed E-state index contributed by atoms with van der Waals surface area (Å²) in [4.78, 5) is 11.7. The molecule has 0 fully saturated rings. The first-order chi connectivity index (χ1) is 13.6. The van der Waals surface area contributed by atoms with Crippen molar-refractivity contribution >= 4 is 16.8 Å². The van der Waals surface area contributed by atoms with Crippen LogP contribution in [0.25, 0.3) is 10.9 Å². The van der Waals surface area contributed by atoms with Gasteiger partial charge in [-0.05, 0) is 36.3 Å². The van der Waals surface area contributed by atoms with E-state index < -0.39 is 0 Å². The van der Waals surface area contributed by atoms with Crippen LogP contribution in [0, 0.1) is 0 Å². The van der Waals surface area contributed by atoms with Crippen LogP contribution in [-0.2, 0) is 17.8 Å². The fraction of sp³-hybridized carbons (Fsp3) is 0.348. The zero-order valence-corrected chi connectivity index (χ0v) is 16.4. The van der Waals surface area contributed by atoms with Gasteiger partial charge < -0.3 is 19.8 Å². The van der Waals surface area contributed by atoms with Crippen LogP contribution < -0.4 is 15.2 Å². The van der Waals surface area contributed by atoms with Gasteiger partial charge in [0.05, 0.1) is 19.7 Å². The summed E-state index contributed by atoms with van der Waals surface area (Å²) in [5, 5.41) is 1.08. The molecular weight excluding hydrogens is 352 g/mol. The van der Waals surface area contributed by atoms with Crippen molar-refractivity contribution in [2.45, 2.75) is 38.1 Å². The van der Waals surface area contributed by atoms with E-state index >= 15 is 0 Å². The third-order valence-electron chi connectivity index (χ3n) is 5.71. The second-order valence-corrected chi connectivity index (χ2v) is 7.42. The molecular formula is C23H26N2O3. The molecule has 5 heteroatoms. The summed E-state index contributed by atoms with van der Waals surface area (Å²) < 4.78 is 13.6. The molecule has 146 valence electrons. The van der Waals surface area contributed by atoms with E-state index in [2.05, 4.69) is 34.9 Å². The van der Waals surface area contributed by atoms with Crippen LogP contribution in [0.1, 0.15) is 42.0 Å². The van der Waals surface area contributed by atoms with Crippen molar-refractivity contribution in [1.29, 1.82) is 0 Å². The maximum atomic E-state index is 11.7. The number of rotatable bonds is 6. The van der Waals surface area contributed by atoms with Gasteiger partial charge in [-0.25, -0.2) is 0 Å². The minimum atomic E-state index is -0.255. The van der Waals surface area contributed by atoms with Gasteiger partial charge in [-0.15, -0.1) is 0 Å². The summed E-state index contributed by atoms with van der Waals surface area (Å²) in [5.74, 6) is 1.42. The topological polar surface area (TPSA) is 66.5 Å². The second-order valence-electron chi connectivity index (χ2n) is 7.42. The number of nitrogens with two attached hydrogens (primary N) is 1. The number of hydrogen-bond donors (Lipinski definition) is 1. The molecule has 1 aliphatic carbocycles. The van der Waals surface area contributed by atoms with Crippen molar-refractivity contribution in [1.82, 2.24) is 4.57 Å². The van der Waals surface area contributed by atoms with Gasteiger partial charge in [0.2, 0.25) is 5.91 Å². The molecule has 28 heavy (non-hydrogen) atoms. The molecule has 0 radical (unpaired) electrons. The SMILES string of the molecule is COc1cc(OC)c2c3c(n(Cc4ccccc4)c2c1)CCCC3CC(N)=O. The number of carbonyl (C=O) groups excluding carboxylic acids is 1. The van der Waals surface area contributed by atoms with Crippen molar-refractivity contribution < 1.29 is 14.3 Å². The molecule has 1 unspecified atom stereocenters. The Labute approximate surface area is 165 Å². The highest BCUT2D eigenvalue weighted by molar-refractivity contribution is 5.94. The second kappa shape index (κ2) is 7.58. The molecule has 2 aromatic carbocycles. The van der Waals surface area contributed by atoms with Gasteiger partial charge in [0, 0.05) is 36.2 Å². The van der Waals surface area contributed by atoms with Gasteiger partial charge in [-0.3, -0.25) is 4.79 Å². The minimum Gasteiger partial charge on any atom is -0.497 e. The first-order valence-corrected chi connectivity index (χ1v) is 9.71. The van der Waals surface area contributed by atoms with E-state index in [9.17, 15) is 4.79 Å². The normalized spacial score (nSPS) is 16.0. The fourth-order valence-corrected chi connectivity index (χ4v) is 4.54. The summed E-state index contributed by atoms with van der Waals surface area (Å²) in [5.41, 5.74) is 10.4. The van der Waals surface area contributed by atoms with Crippen LogP contribution in [0.5, 0.6) is 11.5 Å². The zero-order valence-electron chi connectivity index (χ0n) is 16.4. The van der Waals surface area contributed by atoms with Crippen molar-refractivity contribution in [3.05, 3.63) is 59.3 Å². The van der Waals surface area contributed by atoms with Crippen LogP contribution in [0.2, 0.25) is 0 Å². The van der Waals surface area contributed by atoms with Crippen molar-refractivity contribution in [2.24, 2.45) is 5.73 Å². The Morgan fingerprint density at radius 3 is 2.64 bits per heavy atom. The van der Waals surface area contributed by atoms with E-state index in [0.29, 0.717) is 6.42 Å². The first kappa shape index (κ1) is 18.4. The Kier molecular flexibility index (Phi) is 4.99. The standard InChI is InChI=1S/C23H26N2O3/c1-27-17-12-19-23(20(13-17)28-2)22-16(11-21(24)26)9-6-10-18(22)25(19)14-15-7-4-3-5-8-15/h3-5,7-8,12-13,16H,6,9-11,14H2,1-2H3,(H2,24,26). The molecule has 3 aromatic rings. The van der Waals surface area contributed by atoms with Crippen LogP contribution in [0.3, 0.4) is 0 Å². The highest BCUT2D eigenvalue weighted by atomic mass is 16.5. The Hall–Kier alpha value is -2.95. The predicted octanol–water partition coefficient (Wildman–Crippen LogP) is 4.00. The number of aromatic nitrogens is 1. The number of primary amides is 1. The van der Waals surface area contributed by atoms with E-state index in [4.69, 9.17) is 15.2 Å². The van der Waals surface area contributed by atoms with Crippen LogP contribution in [0.15, 0.2) is 42.5 Å². The van der Waals surface area contributed by atoms with E-state index in [-0.39, 0.29) is 11.8 Å². The monoisotopic (exact) mass is 378 g/mol. The Morgan fingerprint density at radius 2 is 1.96 bits per heavy atom. The molecule has 2 N–H and O–H groups in total. The third-order valence-corrected chi connectivity index (χ3v) is 5.71. The average Bonchev–Trinajstić information content (AvgIpc) is 3.02. The lowest BCUT2D eigenvalue weighted by Gasteiger charge is -2.24. The molecule has 0 spiro atoms. The lowest BCUT2D eigenvalue weighted by atomic mass is 9.82. The van der Waals surface area contributed by atoms with Gasteiger partial charge in [0.15, 0.2) is 0 Å². The quantitative estimate of drug-likeness (QED) is 0.705. The summed E-state index contributed by atoms with van der Waals surface area (Å²) in [6.45, 7) is 0.770. The summed E-state index contributed by atoms with van der Waals surface area (Å²) >= 11 is 0. The van der Waals surface area contributed by atoms with Crippen LogP contribution >= 0.6 is 0 Å². The smallest absolute Gasteiger partial charge is 0.218 e. The highest BCUT2D eigenvalue weighted by Crippen LogP contribution is 2.45. The van der Waals surface area contributed by atoms with E-state index in [0.717, 1.165) is 48.2 Å². The molecule has 1 aliphatic rings. The zero-order chi connectivity index (χ0) is 19.7. The van der Waals surface area contributed by atoms with Gasteiger partial charge in [0.25, 0.3) is 0 Å². The lowest BCUT2D eigenvalue weighted by molar-refractivity contribution is -0.118. The number of ether oxygens (including phenoxy) is 2. The molecule has 0 saturated carbocycles. The van der Waals surface area contributed by atoms with E-state index in [1.807, 2.05) is 12.1 Å². The highest BCUT2D eigenvalue weighted by Gasteiger charge is 2.30. The largest absolute Gasteiger partial charge is 0.497 e. The Bertz CT molecular complexity index is 1010. The van der Waals surface area contributed by atoms with E-state index in [1.54, 1.807) is 14.2 Å². The Morgan fingerprint density at radius 1 is 1.18 bits per heavy atom. The molecule has 1 heterocycles. The van der Waals surface area contributed by atoms with Crippen LogP contribution in [0.4, 0.5) is 0 Å². The molecule has 4 rings (SSSR count). The van der Waals surface area contributed by atoms with Crippen LogP contribution in [-0.4, -0.2) is 24.7 Å². The summed E-state index contributed by atoms with van der Waals surface area (Å²) in [7, 11) is 3.35. The summed E-state index contributed by atoms with van der Waals surface area (Å²) in [6.07, 6.45) is 3.37. The fourth-order valence-electron chi connectivity index (χ4n) is 4.54. The van der Waals surface area contributed by atoms with Gasteiger partial charge in [-0.1, -0.05) is 30.3 Å². The number of nitrogens with zero attached hydrogens (tertiary/aromatic N) is 1. The molecule has 0 aliphatic heterocycles. The van der Waals surface area contributed by atoms with Crippen molar-refractivity contribution in [2.75, 3.05) is 14.2 Å². The van der Waals surface area contributed by atoms with Crippen molar-refractivity contribution in [3.8, 4) is 11.5 Å². The molecule has 0 saturated heterocycles. The number of carbonyl (C=O) groups is 1. The predicted molar refractivity (Wildman–Crippen MR) is 110 cm³/mol. The van der Waals surface area contributed by atoms with Gasteiger partial charge in [0.1, 0.15) is 11.5 Å². The maximum absolute atomic E-state index is 11.7. The van der Waals surface area contributed by atoms with Crippen molar-refractivity contribution in [3.63, 3.8) is 0 Å². The maximum Gasteiger partial charge on any atom is 0.218 e.